The minimum atomic E-state index is -0.933. The molecule has 0 radical (unpaired) electrons. The summed E-state index contributed by atoms with van der Waals surface area (Å²) in [6.45, 7) is 1.31. The molecule has 1 heterocycles. The summed E-state index contributed by atoms with van der Waals surface area (Å²) in [5.74, 6) is 1.43. The number of nitrogens with zero attached hydrogens (tertiary/aromatic N) is 2. The Morgan fingerprint density at radius 2 is 2.10 bits per heavy atom. The number of rotatable bonds is 5. The third-order valence-corrected chi connectivity index (χ3v) is 3.90. The molecule has 1 aliphatic heterocycles. The van der Waals surface area contributed by atoms with Crippen LogP contribution in [0.1, 0.15) is 12.8 Å². The van der Waals surface area contributed by atoms with Crippen molar-refractivity contribution in [2.45, 2.75) is 18.9 Å². The van der Waals surface area contributed by atoms with Crippen molar-refractivity contribution in [2.75, 3.05) is 33.4 Å². The maximum atomic E-state index is 12.5. The van der Waals surface area contributed by atoms with E-state index in [-0.39, 0.29) is 25.8 Å². The summed E-state index contributed by atoms with van der Waals surface area (Å²) in [5.41, 5.74) is 0. The quantitative estimate of drug-likeness (QED) is 0.744. The number of urea groups is 1. The summed E-state index contributed by atoms with van der Waals surface area (Å²) in [6, 6.07) is -0.643. The largest absolute Gasteiger partial charge is 0.481 e. The molecule has 1 N–H and O–H groups in total. The first-order valence-electron chi connectivity index (χ1n) is 6.80. The molecule has 0 spiro atoms. The number of hydrogen-bond donors (Lipinski definition) is 1. The van der Waals surface area contributed by atoms with Crippen LogP contribution in [0.15, 0.2) is 0 Å². The SMILES string of the molecule is C#CCN(CC1CC1)C(=O)N(C)C1COCC1C(=O)O. The van der Waals surface area contributed by atoms with Crippen LogP contribution in [0.4, 0.5) is 4.79 Å². The molecular weight excluding hydrogens is 260 g/mol. The van der Waals surface area contributed by atoms with Crippen LogP contribution in [0, 0.1) is 24.2 Å². The molecule has 0 aromatic carbocycles. The lowest BCUT2D eigenvalue weighted by molar-refractivity contribution is -0.142. The van der Waals surface area contributed by atoms with Crippen LogP contribution >= 0.6 is 0 Å². The van der Waals surface area contributed by atoms with Crippen LogP contribution in [0.25, 0.3) is 0 Å². The molecule has 6 nitrogen and oxygen atoms in total. The number of carbonyl (C=O) groups excluding carboxylic acids is 1. The van der Waals surface area contributed by atoms with Crippen molar-refractivity contribution in [3.8, 4) is 12.3 Å². The number of carbonyl (C=O) groups is 2. The molecule has 0 bridgehead atoms. The Morgan fingerprint density at radius 3 is 2.65 bits per heavy atom. The predicted molar refractivity (Wildman–Crippen MR) is 72.0 cm³/mol. The van der Waals surface area contributed by atoms with Crippen molar-refractivity contribution in [3.63, 3.8) is 0 Å². The minimum absolute atomic E-state index is 0.148. The maximum absolute atomic E-state index is 12.5. The van der Waals surface area contributed by atoms with Gasteiger partial charge in [0.15, 0.2) is 0 Å². The van der Waals surface area contributed by atoms with Crippen molar-refractivity contribution in [3.05, 3.63) is 0 Å². The average Bonchev–Trinajstić information content (AvgIpc) is 3.09. The average molecular weight is 280 g/mol. The number of aliphatic carboxylic acids is 1. The highest BCUT2D eigenvalue weighted by molar-refractivity contribution is 5.77. The van der Waals surface area contributed by atoms with E-state index in [4.69, 9.17) is 16.3 Å². The molecule has 2 amide bonds. The van der Waals surface area contributed by atoms with Crippen molar-refractivity contribution in [1.82, 2.24) is 9.80 Å². The number of terminal acetylenes is 1. The molecular formula is C14H20N2O4. The van der Waals surface area contributed by atoms with Crippen LogP contribution in [0.5, 0.6) is 0 Å². The van der Waals surface area contributed by atoms with Gasteiger partial charge >= 0.3 is 12.0 Å². The van der Waals surface area contributed by atoms with E-state index in [1.54, 1.807) is 11.9 Å². The van der Waals surface area contributed by atoms with Crippen molar-refractivity contribution < 1.29 is 19.4 Å². The second kappa shape index (κ2) is 6.14. The molecule has 2 fully saturated rings. The van der Waals surface area contributed by atoms with Gasteiger partial charge in [-0.25, -0.2) is 4.79 Å². The first kappa shape index (κ1) is 14.7. The Balaban J connectivity index is 2.01. The first-order chi connectivity index (χ1) is 9.54. The van der Waals surface area contributed by atoms with Crippen LogP contribution in [-0.2, 0) is 9.53 Å². The molecule has 0 aromatic rings. The zero-order valence-corrected chi connectivity index (χ0v) is 11.6. The Hall–Kier alpha value is -1.74. The van der Waals surface area contributed by atoms with E-state index in [0.29, 0.717) is 12.5 Å². The van der Waals surface area contributed by atoms with Gasteiger partial charge in [-0.2, -0.15) is 0 Å². The predicted octanol–water partition coefficient (Wildman–Crippen LogP) is 0.483. The lowest BCUT2D eigenvalue weighted by Gasteiger charge is -2.31. The van der Waals surface area contributed by atoms with Gasteiger partial charge < -0.3 is 19.6 Å². The fraction of sp³-hybridized carbons (Fsp3) is 0.714. The van der Waals surface area contributed by atoms with Gasteiger partial charge in [0.1, 0.15) is 5.92 Å². The lowest BCUT2D eigenvalue weighted by Crippen LogP contribution is -2.50. The lowest BCUT2D eigenvalue weighted by atomic mass is 10.0. The van der Waals surface area contributed by atoms with Gasteiger partial charge in [0.25, 0.3) is 0 Å². The van der Waals surface area contributed by atoms with Crippen LogP contribution in [0.2, 0.25) is 0 Å². The summed E-state index contributed by atoms with van der Waals surface area (Å²) < 4.78 is 5.20. The van der Waals surface area contributed by atoms with E-state index >= 15 is 0 Å². The molecule has 110 valence electrons. The fourth-order valence-electron chi connectivity index (χ4n) is 2.46. The molecule has 2 atom stereocenters. The second-order valence-corrected chi connectivity index (χ2v) is 5.47. The van der Waals surface area contributed by atoms with E-state index in [9.17, 15) is 9.59 Å². The number of likely N-dealkylation sites (N-methyl/N-ethyl adjacent to an activating group) is 1. The van der Waals surface area contributed by atoms with E-state index in [2.05, 4.69) is 5.92 Å². The minimum Gasteiger partial charge on any atom is -0.481 e. The van der Waals surface area contributed by atoms with Gasteiger partial charge in [-0.3, -0.25) is 4.79 Å². The number of hydrogen-bond acceptors (Lipinski definition) is 3. The van der Waals surface area contributed by atoms with Gasteiger partial charge in [-0.15, -0.1) is 6.42 Å². The normalized spacial score (nSPS) is 25.0. The monoisotopic (exact) mass is 280 g/mol. The molecule has 2 unspecified atom stereocenters. The van der Waals surface area contributed by atoms with Crippen molar-refractivity contribution >= 4 is 12.0 Å². The maximum Gasteiger partial charge on any atom is 0.320 e. The van der Waals surface area contributed by atoms with Crippen molar-refractivity contribution in [2.24, 2.45) is 11.8 Å². The van der Waals surface area contributed by atoms with Crippen LogP contribution in [0.3, 0.4) is 0 Å². The van der Waals surface area contributed by atoms with E-state index in [0.717, 1.165) is 12.8 Å². The van der Waals surface area contributed by atoms with E-state index in [1.165, 1.54) is 4.90 Å². The Morgan fingerprint density at radius 1 is 1.40 bits per heavy atom. The van der Waals surface area contributed by atoms with Crippen LogP contribution < -0.4 is 0 Å². The zero-order valence-electron chi connectivity index (χ0n) is 11.6. The molecule has 20 heavy (non-hydrogen) atoms. The summed E-state index contributed by atoms with van der Waals surface area (Å²) in [7, 11) is 1.62. The van der Waals surface area contributed by atoms with E-state index < -0.39 is 17.9 Å². The summed E-state index contributed by atoms with van der Waals surface area (Å²) in [4.78, 5) is 26.7. The molecule has 1 saturated carbocycles. The topological polar surface area (TPSA) is 70.1 Å². The molecule has 1 saturated heterocycles. The summed E-state index contributed by atoms with van der Waals surface area (Å²) >= 11 is 0. The standard InChI is InChI=1S/C14H20N2O4/c1-3-6-16(7-10-4-5-10)14(19)15(2)12-9-20-8-11(12)13(17)18/h1,10-12H,4-9H2,2H3,(H,17,18). The summed E-state index contributed by atoms with van der Waals surface area (Å²) in [5, 5.41) is 9.15. The van der Waals surface area contributed by atoms with Crippen LogP contribution in [-0.4, -0.2) is 66.3 Å². The molecule has 2 aliphatic rings. The first-order valence-corrected chi connectivity index (χ1v) is 6.80. The number of carboxylic acid groups (broad SMARTS) is 1. The third kappa shape index (κ3) is 3.23. The number of ether oxygens (including phenoxy) is 1. The number of amides is 2. The third-order valence-electron chi connectivity index (χ3n) is 3.90. The smallest absolute Gasteiger partial charge is 0.320 e. The highest BCUT2D eigenvalue weighted by Crippen LogP contribution is 2.30. The highest BCUT2D eigenvalue weighted by atomic mass is 16.5. The van der Waals surface area contributed by atoms with Gasteiger partial charge in [-0.1, -0.05) is 5.92 Å². The van der Waals surface area contributed by atoms with Gasteiger partial charge in [0.2, 0.25) is 0 Å². The Kier molecular flexibility index (Phi) is 4.50. The van der Waals surface area contributed by atoms with E-state index in [1.807, 2.05) is 0 Å². The highest BCUT2D eigenvalue weighted by Gasteiger charge is 2.40. The van der Waals surface area contributed by atoms with Gasteiger partial charge in [0.05, 0.1) is 25.8 Å². The summed E-state index contributed by atoms with van der Waals surface area (Å²) in [6.07, 6.45) is 7.57. The zero-order chi connectivity index (χ0) is 14.7. The van der Waals surface area contributed by atoms with Gasteiger partial charge in [-0.05, 0) is 18.8 Å². The molecule has 2 rings (SSSR count). The second-order valence-electron chi connectivity index (χ2n) is 5.47. The van der Waals surface area contributed by atoms with Crippen molar-refractivity contribution in [1.29, 1.82) is 0 Å². The fourth-order valence-corrected chi connectivity index (χ4v) is 2.46. The molecule has 6 heteroatoms. The molecule has 0 aromatic heterocycles. The molecule has 1 aliphatic carbocycles. The number of carboxylic acids is 1. The Labute approximate surface area is 118 Å². The Bertz CT molecular complexity index is 427. The van der Waals surface area contributed by atoms with Gasteiger partial charge in [0, 0.05) is 13.6 Å².